The highest BCUT2D eigenvalue weighted by Crippen LogP contribution is 2.46. The van der Waals surface area contributed by atoms with Gasteiger partial charge in [0.15, 0.2) is 17.5 Å². The van der Waals surface area contributed by atoms with Gasteiger partial charge in [-0.1, -0.05) is 6.08 Å². The van der Waals surface area contributed by atoms with Crippen LogP contribution in [0.15, 0.2) is 37.3 Å². The molecule has 1 amide bonds. The number of rotatable bonds is 6. The van der Waals surface area contributed by atoms with Crippen LogP contribution in [0.1, 0.15) is 25.7 Å². The van der Waals surface area contributed by atoms with Gasteiger partial charge in [-0.05, 0) is 43.6 Å². The molecule has 0 radical (unpaired) electrons. The van der Waals surface area contributed by atoms with Crippen molar-refractivity contribution in [1.82, 2.24) is 25.3 Å². The number of nitrogens with one attached hydrogen (secondary N) is 3. The molecule has 7 nitrogen and oxygen atoms in total. The van der Waals surface area contributed by atoms with Gasteiger partial charge in [0.25, 0.3) is 0 Å². The van der Waals surface area contributed by atoms with E-state index in [1.807, 2.05) is 0 Å². The number of anilines is 1. The number of amides is 1. The minimum atomic E-state index is -0.593. The Bertz CT molecular complexity index is 1170. The first-order valence-electron chi connectivity index (χ1n) is 10.9. The Labute approximate surface area is 183 Å². The van der Waals surface area contributed by atoms with Crippen molar-refractivity contribution < 1.29 is 13.6 Å². The third kappa shape index (κ3) is 3.61. The molecule has 166 valence electrons. The van der Waals surface area contributed by atoms with E-state index in [9.17, 15) is 13.6 Å². The number of carbonyl (C=O) groups is 1. The Morgan fingerprint density at radius 2 is 1.97 bits per heavy atom. The van der Waals surface area contributed by atoms with Gasteiger partial charge >= 0.3 is 0 Å². The molecule has 0 spiro atoms. The zero-order chi connectivity index (χ0) is 22.2. The molecule has 3 fully saturated rings. The van der Waals surface area contributed by atoms with Crippen LogP contribution in [-0.2, 0) is 4.79 Å². The summed E-state index contributed by atoms with van der Waals surface area (Å²) in [5.41, 5.74) is 1.02. The predicted molar refractivity (Wildman–Crippen MR) is 117 cm³/mol. The fraction of sp³-hybridized carbons (Fsp3) is 0.391. The first kappa shape index (κ1) is 20.5. The topological polar surface area (TPSA) is 95.6 Å². The lowest BCUT2D eigenvalue weighted by Gasteiger charge is -2.48. The minimum absolute atomic E-state index is 0.0373. The summed E-state index contributed by atoms with van der Waals surface area (Å²) in [6, 6.07) is 1.13. The van der Waals surface area contributed by atoms with Gasteiger partial charge in [-0.25, -0.2) is 23.7 Å². The van der Waals surface area contributed by atoms with E-state index < -0.39 is 11.6 Å². The number of hydrogen-bond donors (Lipinski definition) is 3. The molecule has 2 atom stereocenters. The number of hydrogen-bond acceptors (Lipinski definition) is 5. The first-order chi connectivity index (χ1) is 15.5. The van der Waals surface area contributed by atoms with E-state index >= 15 is 0 Å². The number of nitrogens with zero attached hydrogens (tertiary/aromatic N) is 3. The van der Waals surface area contributed by atoms with Crippen LogP contribution in [0.4, 0.5) is 14.6 Å². The maximum absolute atomic E-state index is 14.7. The van der Waals surface area contributed by atoms with Crippen molar-refractivity contribution in [2.45, 2.75) is 31.7 Å². The van der Waals surface area contributed by atoms with E-state index in [1.165, 1.54) is 6.07 Å². The van der Waals surface area contributed by atoms with Crippen LogP contribution in [0.3, 0.4) is 0 Å². The van der Waals surface area contributed by atoms with Gasteiger partial charge in [-0.2, -0.15) is 0 Å². The monoisotopic (exact) mass is 438 g/mol. The molecule has 6 rings (SSSR count). The summed E-state index contributed by atoms with van der Waals surface area (Å²) in [4.78, 5) is 28.4. The Balaban J connectivity index is 1.47. The van der Waals surface area contributed by atoms with Crippen LogP contribution in [0.2, 0.25) is 0 Å². The van der Waals surface area contributed by atoms with E-state index in [4.69, 9.17) is 0 Å². The molecule has 0 aliphatic heterocycles. The highest BCUT2D eigenvalue weighted by molar-refractivity contribution is 5.91. The van der Waals surface area contributed by atoms with Gasteiger partial charge in [-0.3, -0.25) is 4.79 Å². The van der Waals surface area contributed by atoms with Crippen molar-refractivity contribution in [2.75, 3.05) is 11.9 Å². The quantitative estimate of drug-likeness (QED) is 0.509. The molecule has 0 unspecified atom stereocenters. The lowest BCUT2D eigenvalue weighted by Crippen LogP contribution is -2.54. The summed E-state index contributed by atoms with van der Waals surface area (Å²) < 4.78 is 28.5. The SMILES string of the molecule is C=CCNC(=O)[C@H]1C2CCC(CC2)[C@@H]1Nc1nc(-c2c[nH]c3ncc(F)cc23)ncc1F. The van der Waals surface area contributed by atoms with E-state index in [1.54, 1.807) is 12.3 Å². The van der Waals surface area contributed by atoms with Gasteiger partial charge in [0.2, 0.25) is 5.91 Å². The summed E-state index contributed by atoms with van der Waals surface area (Å²) in [6.07, 6.45) is 9.50. The number of fused-ring (bicyclic) bond motifs is 4. The number of aromatic amines is 1. The minimum Gasteiger partial charge on any atom is -0.364 e. The van der Waals surface area contributed by atoms with Crippen molar-refractivity contribution in [1.29, 1.82) is 0 Å². The molecule has 32 heavy (non-hydrogen) atoms. The summed E-state index contributed by atoms with van der Waals surface area (Å²) in [6.45, 7) is 4.06. The van der Waals surface area contributed by atoms with Crippen molar-refractivity contribution >= 4 is 22.8 Å². The second kappa shape index (κ2) is 8.29. The molecular weight excluding hydrogens is 414 g/mol. The molecule has 3 aromatic heterocycles. The molecule has 2 bridgehead atoms. The molecule has 0 aromatic carbocycles. The summed E-state index contributed by atoms with van der Waals surface area (Å²) in [5.74, 6) is -0.543. The van der Waals surface area contributed by atoms with Crippen LogP contribution >= 0.6 is 0 Å². The number of carbonyl (C=O) groups excluding carboxylic acids is 1. The second-order valence-electron chi connectivity index (χ2n) is 8.55. The average molecular weight is 438 g/mol. The Kier molecular flexibility index (Phi) is 5.32. The zero-order valence-corrected chi connectivity index (χ0v) is 17.4. The number of halogens is 2. The molecule has 9 heteroatoms. The smallest absolute Gasteiger partial charge is 0.225 e. The summed E-state index contributed by atoms with van der Waals surface area (Å²) in [7, 11) is 0. The Morgan fingerprint density at radius 1 is 1.19 bits per heavy atom. The van der Waals surface area contributed by atoms with Gasteiger partial charge < -0.3 is 15.6 Å². The van der Waals surface area contributed by atoms with Gasteiger partial charge in [-0.15, -0.1) is 6.58 Å². The van der Waals surface area contributed by atoms with Crippen LogP contribution in [0, 0.1) is 29.4 Å². The highest BCUT2D eigenvalue weighted by atomic mass is 19.1. The second-order valence-corrected chi connectivity index (χ2v) is 8.55. The average Bonchev–Trinajstić information content (AvgIpc) is 3.22. The van der Waals surface area contributed by atoms with E-state index in [0.717, 1.165) is 38.1 Å². The largest absolute Gasteiger partial charge is 0.364 e. The Hall–Kier alpha value is -3.36. The molecular formula is C23H24F2N6O. The molecule has 0 saturated heterocycles. The van der Waals surface area contributed by atoms with Crippen LogP contribution < -0.4 is 10.6 Å². The molecule has 3 aliphatic carbocycles. The normalized spacial score (nSPS) is 24.4. The first-order valence-corrected chi connectivity index (χ1v) is 10.9. The number of pyridine rings is 1. The van der Waals surface area contributed by atoms with Crippen molar-refractivity contribution in [2.24, 2.45) is 17.8 Å². The molecule has 3 aliphatic rings. The summed E-state index contributed by atoms with van der Waals surface area (Å²) >= 11 is 0. The third-order valence-corrected chi connectivity index (χ3v) is 6.73. The maximum atomic E-state index is 14.7. The molecule has 3 saturated carbocycles. The Morgan fingerprint density at radius 3 is 2.75 bits per heavy atom. The van der Waals surface area contributed by atoms with Crippen LogP contribution in [0.25, 0.3) is 22.4 Å². The third-order valence-electron chi connectivity index (χ3n) is 6.73. The fourth-order valence-electron chi connectivity index (χ4n) is 5.24. The maximum Gasteiger partial charge on any atom is 0.225 e. The van der Waals surface area contributed by atoms with Crippen molar-refractivity contribution in [3.8, 4) is 11.4 Å². The van der Waals surface area contributed by atoms with E-state index in [2.05, 4.69) is 37.1 Å². The van der Waals surface area contributed by atoms with Gasteiger partial charge in [0, 0.05) is 29.7 Å². The van der Waals surface area contributed by atoms with Gasteiger partial charge in [0.05, 0.1) is 18.3 Å². The number of aromatic nitrogens is 4. The van der Waals surface area contributed by atoms with Crippen molar-refractivity contribution in [3.63, 3.8) is 0 Å². The van der Waals surface area contributed by atoms with Crippen LogP contribution in [0.5, 0.6) is 0 Å². The zero-order valence-electron chi connectivity index (χ0n) is 17.4. The van der Waals surface area contributed by atoms with Crippen LogP contribution in [-0.4, -0.2) is 38.4 Å². The van der Waals surface area contributed by atoms with E-state index in [-0.39, 0.29) is 41.3 Å². The molecule has 3 heterocycles. The number of H-pyrrole nitrogens is 1. The van der Waals surface area contributed by atoms with Crippen molar-refractivity contribution in [3.05, 3.63) is 48.9 Å². The lowest BCUT2D eigenvalue weighted by molar-refractivity contribution is -0.130. The van der Waals surface area contributed by atoms with Gasteiger partial charge in [0.1, 0.15) is 11.5 Å². The summed E-state index contributed by atoms with van der Waals surface area (Å²) in [5, 5.41) is 6.66. The lowest BCUT2D eigenvalue weighted by atomic mass is 9.61. The fourth-order valence-corrected chi connectivity index (χ4v) is 5.24. The molecule has 3 aromatic rings. The predicted octanol–water partition coefficient (Wildman–Crippen LogP) is 3.82. The molecule has 3 N–H and O–H groups in total. The standard InChI is InChI=1S/C23H24F2N6O/c1-2-7-26-23(32)18-12-3-5-13(6-4-12)19(18)30-22-17(25)11-29-21(31-22)16-10-28-20-15(16)8-14(24)9-27-20/h2,8-13,18-19H,1,3-7H2,(H,26,32)(H,27,28)(H,29,30,31)/t12?,13?,18-,19-/m0/s1. The highest BCUT2D eigenvalue weighted by Gasteiger charge is 2.47. The van der Waals surface area contributed by atoms with E-state index in [0.29, 0.717) is 23.1 Å².